The minimum atomic E-state index is -0.237. The number of rotatable bonds is 9. The van der Waals surface area contributed by atoms with Gasteiger partial charge in [-0.1, -0.05) is 30.3 Å². The second kappa shape index (κ2) is 11.2. The first-order chi connectivity index (χ1) is 13.1. The highest BCUT2D eigenvalue weighted by Gasteiger charge is 2.05. The van der Waals surface area contributed by atoms with Crippen molar-refractivity contribution in [1.82, 2.24) is 15.5 Å². The van der Waals surface area contributed by atoms with Gasteiger partial charge in [0.05, 0.1) is 6.54 Å². The fraction of sp³-hybridized carbons (Fsp3) is 0.381. The molecule has 6 heteroatoms. The number of hydrogen-bond donors (Lipinski definition) is 2. The van der Waals surface area contributed by atoms with Gasteiger partial charge in [0, 0.05) is 25.2 Å². The Morgan fingerprint density at radius 1 is 1.07 bits per heavy atom. The highest BCUT2D eigenvalue weighted by molar-refractivity contribution is 5.79. The molecular weight excluding hydrogens is 343 g/mol. The van der Waals surface area contributed by atoms with Gasteiger partial charge < -0.3 is 20.3 Å². The van der Waals surface area contributed by atoms with Crippen LogP contribution in [0.3, 0.4) is 0 Å². The van der Waals surface area contributed by atoms with Gasteiger partial charge in [0.1, 0.15) is 18.2 Å². The number of hydrogen-bond acceptors (Lipinski definition) is 3. The lowest BCUT2D eigenvalue weighted by Crippen LogP contribution is -2.36. The zero-order valence-electron chi connectivity index (χ0n) is 16.3. The fourth-order valence-corrected chi connectivity index (χ4v) is 2.41. The van der Waals surface area contributed by atoms with Gasteiger partial charge in [0.15, 0.2) is 5.96 Å². The quantitative estimate of drug-likeness (QED) is 0.525. The molecule has 0 unspecified atom stereocenters. The number of ether oxygens (including phenoxy) is 1. The predicted molar refractivity (Wildman–Crippen MR) is 109 cm³/mol. The molecule has 0 heterocycles. The fourth-order valence-electron chi connectivity index (χ4n) is 2.41. The normalized spacial score (nSPS) is 11.5. The maximum absolute atomic E-state index is 13.0. The van der Waals surface area contributed by atoms with E-state index < -0.39 is 0 Å². The third kappa shape index (κ3) is 7.66. The summed E-state index contributed by atoms with van der Waals surface area (Å²) in [5.41, 5.74) is 2.03. The Labute approximate surface area is 161 Å². The van der Waals surface area contributed by atoms with Crippen LogP contribution in [0.25, 0.3) is 0 Å². The van der Waals surface area contributed by atoms with E-state index in [0.29, 0.717) is 25.7 Å². The van der Waals surface area contributed by atoms with Crippen LogP contribution in [-0.4, -0.2) is 44.7 Å². The van der Waals surface area contributed by atoms with Gasteiger partial charge in [0.25, 0.3) is 0 Å². The average Bonchev–Trinajstić information content (AvgIpc) is 2.66. The van der Waals surface area contributed by atoms with E-state index in [0.717, 1.165) is 30.0 Å². The van der Waals surface area contributed by atoms with E-state index >= 15 is 0 Å². The zero-order valence-corrected chi connectivity index (χ0v) is 16.3. The molecule has 0 radical (unpaired) electrons. The van der Waals surface area contributed by atoms with Gasteiger partial charge in [-0.15, -0.1) is 0 Å². The molecule has 0 aliphatic heterocycles. The second-order valence-electron chi connectivity index (χ2n) is 6.43. The molecule has 0 fully saturated rings. The third-order valence-electron chi connectivity index (χ3n) is 3.89. The van der Waals surface area contributed by atoms with E-state index in [1.807, 2.05) is 45.3 Å². The smallest absolute Gasteiger partial charge is 0.191 e. The van der Waals surface area contributed by atoms with E-state index in [2.05, 4.69) is 20.5 Å². The maximum atomic E-state index is 13.0. The van der Waals surface area contributed by atoms with E-state index in [9.17, 15) is 4.39 Å². The van der Waals surface area contributed by atoms with Crippen molar-refractivity contribution in [2.75, 3.05) is 33.8 Å². The summed E-state index contributed by atoms with van der Waals surface area (Å²) in [5.74, 6) is 1.35. The summed E-state index contributed by atoms with van der Waals surface area (Å²) >= 11 is 0. The van der Waals surface area contributed by atoms with Gasteiger partial charge in [-0.3, -0.25) is 0 Å². The Balaban J connectivity index is 1.96. The van der Waals surface area contributed by atoms with Gasteiger partial charge in [-0.05, 0) is 44.8 Å². The van der Waals surface area contributed by atoms with Crippen molar-refractivity contribution in [3.63, 3.8) is 0 Å². The number of halogens is 1. The summed E-state index contributed by atoms with van der Waals surface area (Å²) in [6.45, 7) is 5.37. The molecule has 0 spiro atoms. The van der Waals surface area contributed by atoms with Crippen LogP contribution in [-0.2, 0) is 13.1 Å². The average molecular weight is 372 g/mol. The Bertz CT molecular complexity index is 716. The highest BCUT2D eigenvalue weighted by Crippen LogP contribution is 2.17. The lowest BCUT2D eigenvalue weighted by Gasteiger charge is -2.16. The molecule has 2 rings (SSSR count). The third-order valence-corrected chi connectivity index (χ3v) is 3.89. The van der Waals surface area contributed by atoms with Crippen LogP contribution in [0.2, 0.25) is 0 Å². The second-order valence-corrected chi connectivity index (χ2v) is 6.43. The number of aliphatic imine (C=N–C) groups is 1. The summed E-state index contributed by atoms with van der Waals surface area (Å²) in [6, 6.07) is 14.4. The van der Waals surface area contributed by atoms with Crippen LogP contribution >= 0.6 is 0 Å². The van der Waals surface area contributed by atoms with Crippen LogP contribution in [0.4, 0.5) is 4.39 Å². The van der Waals surface area contributed by atoms with Gasteiger partial charge in [-0.25, -0.2) is 9.38 Å². The SMILES string of the molecule is CCNC(=NCc1ccc(F)cc1)NCc1ccccc1OCCN(C)C. The molecule has 0 aliphatic rings. The Kier molecular flexibility index (Phi) is 8.58. The van der Waals surface area contributed by atoms with Gasteiger partial charge >= 0.3 is 0 Å². The van der Waals surface area contributed by atoms with E-state index in [1.54, 1.807) is 12.1 Å². The molecule has 27 heavy (non-hydrogen) atoms. The van der Waals surface area contributed by atoms with Gasteiger partial charge in [-0.2, -0.15) is 0 Å². The first-order valence-electron chi connectivity index (χ1n) is 9.20. The molecule has 0 bridgehead atoms. The van der Waals surface area contributed by atoms with Crippen molar-refractivity contribution in [3.05, 3.63) is 65.5 Å². The van der Waals surface area contributed by atoms with Crippen molar-refractivity contribution in [3.8, 4) is 5.75 Å². The van der Waals surface area contributed by atoms with Crippen LogP contribution in [0, 0.1) is 5.82 Å². The molecule has 2 aromatic rings. The number of nitrogens with one attached hydrogen (secondary N) is 2. The number of para-hydroxylation sites is 1. The first-order valence-corrected chi connectivity index (χ1v) is 9.20. The first kappa shape index (κ1) is 20.7. The van der Waals surface area contributed by atoms with E-state index in [1.165, 1.54) is 12.1 Å². The standard InChI is InChI=1S/C21H29FN4O/c1-4-23-21(24-15-17-9-11-19(22)12-10-17)25-16-18-7-5-6-8-20(18)27-14-13-26(2)3/h5-12H,4,13-16H2,1-3H3,(H2,23,24,25). The molecule has 146 valence electrons. The van der Waals surface area contributed by atoms with Crippen LogP contribution in [0.5, 0.6) is 5.75 Å². The summed E-state index contributed by atoms with van der Waals surface area (Å²) in [7, 11) is 4.05. The molecule has 0 amide bonds. The Morgan fingerprint density at radius 2 is 1.81 bits per heavy atom. The predicted octanol–water partition coefficient (Wildman–Crippen LogP) is 3.02. The van der Waals surface area contributed by atoms with Crippen molar-refractivity contribution in [2.24, 2.45) is 4.99 Å². The van der Waals surface area contributed by atoms with Crippen molar-refractivity contribution < 1.29 is 9.13 Å². The molecule has 2 aromatic carbocycles. The molecule has 0 aliphatic carbocycles. The maximum Gasteiger partial charge on any atom is 0.191 e. The summed E-state index contributed by atoms with van der Waals surface area (Å²) in [4.78, 5) is 6.66. The minimum absolute atomic E-state index is 0.237. The van der Waals surface area contributed by atoms with E-state index in [4.69, 9.17) is 4.74 Å². The number of likely N-dealkylation sites (N-methyl/N-ethyl adjacent to an activating group) is 1. The molecule has 5 nitrogen and oxygen atoms in total. The monoisotopic (exact) mass is 372 g/mol. The van der Waals surface area contributed by atoms with Crippen molar-refractivity contribution in [2.45, 2.75) is 20.0 Å². The summed E-state index contributed by atoms with van der Waals surface area (Å²) in [5, 5.41) is 6.56. The number of benzene rings is 2. The molecule has 0 saturated carbocycles. The lowest BCUT2D eigenvalue weighted by atomic mass is 10.2. The number of nitrogens with zero attached hydrogens (tertiary/aromatic N) is 2. The topological polar surface area (TPSA) is 48.9 Å². The summed E-state index contributed by atoms with van der Waals surface area (Å²) < 4.78 is 18.9. The largest absolute Gasteiger partial charge is 0.492 e. The Hall–Kier alpha value is -2.60. The highest BCUT2D eigenvalue weighted by atomic mass is 19.1. The number of guanidine groups is 1. The molecule has 0 atom stereocenters. The zero-order chi connectivity index (χ0) is 19.5. The minimum Gasteiger partial charge on any atom is -0.492 e. The van der Waals surface area contributed by atoms with Crippen LogP contribution in [0.1, 0.15) is 18.1 Å². The van der Waals surface area contributed by atoms with Crippen LogP contribution < -0.4 is 15.4 Å². The van der Waals surface area contributed by atoms with E-state index in [-0.39, 0.29) is 5.82 Å². The van der Waals surface area contributed by atoms with Crippen molar-refractivity contribution in [1.29, 1.82) is 0 Å². The molecule has 0 aromatic heterocycles. The lowest BCUT2D eigenvalue weighted by molar-refractivity contribution is 0.259. The van der Waals surface area contributed by atoms with Gasteiger partial charge in [0.2, 0.25) is 0 Å². The molecule has 2 N–H and O–H groups in total. The molecule has 0 saturated heterocycles. The van der Waals surface area contributed by atoms with Crippen LogP contribution in [0.15, 0.2) is 53.5 Å². The van der Waals surface area contributed by atoms with Crippen molar-refractivity contribution >= 4 is 5.96 Å². The molecular formula is C21H29FN4O. The summed E-state index contributed by atoms with van der Waals surface area (Å²) in [6.07, 6.45) is 0. The Morgan fingerprint density at radius 3 is 2.52 bits per heavy atom.